The van der Waals surface area contributed by atoms with Crippen LogP contribution in [0.1, 0.15) is 25.4 Å². The standard InChI is InChI=1S/C12H19NO/c1-9(2)11(8-13-4)7-12-6-5-10(3)14-12/h5-7,9,13H,8H2,1-4H3. The molecule has 0 saturated heterocycles. The molecule has 1 aromatic rings. The quantitative estimate of drug-likeness (QED) is 0.795. The summed E-state index contributed by atoms with van der Waals surface area (Å²) in [5, 5.41) is 3.17. The second kappa shape index (κ2) is 5.01. The highest BCUT2D eigenvalue weighted by atomic mass is 16.3. The van der Waals surface area contributed by atoms with Gasteiger partial charge in [-0.15, -0.1) is 0 Å². The fourth-order valence-electron chi connectivity index (χ4n) is 1.34. The number of aryl methyl sites for hydroxylation is 1. The lowest BCUT2D eigenvalue weighted by Crippen LogP contribution is -2.13. The monoisotopic (exact) mass is 193 g/mol. The molecule has 0 aliphatic rings. The van der Waals surface area contributed by atoms with Crippen LogP contribution in [0.2, 0.25) is 0 Å². The van der Waals surface area contributed by atoms with Gasteiger partial charge in [-0.05, 0) is 38.1 Å². The Kier molecular flexibility index (Phi) is 3.96. The largest absolute Gasteiger partial charge is 0.462 e. The fraction of sp³-hybridized carbons (Fsp3) is 0.500. The van der Waals surface area contributed by atoms with Gasteiger partial charge in [0.1, 0.15) is 11.5 Å². The Morgan fingerprint density at radius 3 is 2.64 bits per heavy atom. The van der Waals surface area contributed by atoms with Gasteiger partial charge in [0.25, 0.3) is 0 Å². The van der Waals surface area contributed by atoms with Crippen LogP contribution in [0.5, 0.6) is 0 Å². The predicted molar refractivity (Wildman–Crippen MR) is 60.2 cm³/mol. The van der Waals surface area contributed by atoms with Gasteiger partial charge in [-0.2, -0.15) is 0 Å². The van der Waals surface area contributed by atoms with Gasteiger partial charge in [0, 0.05) is 6.54 Å². The molecule has 0 fully saturated rings. The Morgan fingerprint density at radius 1 is 1.50 bits per heavy atom. The van der Waals surface area contributed by atoms with Crippen molar-refractivity contribution in [3.05, 3.63) is 29.2 Å². The first kappa shape index (κ1) is 11.1. The number of nitrogens with one attached hydrogen (secondary N) is 1. The summed E-state index contributed by atoms with van der Waals surface area (Å²) in [6.07, 6.45) is 2.12. The van der Waals surface area contributed by atoms with Crippen LogP contribution < -0.4 is 5.32 Å². The van der Waals surface area contributed by atoms with E-state index in [1.807, 2.05) is 26.1 Å². The number of rotatable bonds is 4. The van der Waals surface area contributed by atoms with Crippen molar-refractivity contribution in [1.82, 2.24) is 5.32 Å². The first-order valence-electron chi connectivity index (χ1n) is 5.05. The molecule has 0 radical (unpaired) electrons. The molecule has 0 bridgehead atoms. The molecule has 14 heavy (non-hydrogen) atoms. The van der Waals surface area contributed by atoms with Crippen LogP contribution in [0, 0.1) is 12.8 Å². The number of hydrogen-bond acceptors (Lipinski definition) is 2. The van der Waals surface area contributed by atoms with Crippen molar-refractivity contribution in [2.75, 3.05) is 13.6 Å². The van der Waals surface area contributed by atoms with Gasteiger partial charge in [0.15, 0.2) is 0 Å². The Hall–Kier alpha value is -1.02. The molecule has 0 aliphatic carbocycles. The normalized spacial score (nSPS) is 12.5. The maximum Gasteiger partial charge on any atom is 0.127 e. The maximum absolute atomic E-state index is 5.51. The van der Waals surface area contributed by atoms with Crippen LogP contribution in [-0.4, -0.2) is 13.6 Å². The van der Waals surface area contributed by atoms with Crippen molar-refractivity contribution in [1.29, 1.82) is 0 Å². The smallest absolute Gasteiger partial charge is 0.127 e. The maximum atomic E-state index is 5.51. The number of furan rings is 1. The molecule has 1 rings (SSSR count). The van der Waals surface area contributed by atoms with Crippen molar-refractivity contribution < 1.29 is 4.42 Å². The van der Waals surface area contributed by atoms with Crippen LogP contribution in [0.4, 0.5) is 0 Å². The molecular weight excluding hydrogens is 174 g/mol. The zero-order valence-corrected chi connectivity index (χ0v) is 9.42. The Bertz CT molecular complexity index is 310. The van der Waals surface area contributed by atoms with Gasteiger partial charge < -0.3 is 9.73 Å². The molecule has 0 atom stereocenters. The summed E-state index contributed by atoms with van der Waals surface area (Å²) >= 11 is 0. The predicted octanol–water partition coefficient (Wildman–Crippen LogP) is 2.85. The van der Waals surface area contributed by atoms with E-state index in [2.05, 4.69) is 25.2 Å². The molecule has 0 spiro atoms. The molecule has 1 N–H and O–H groups in total. The van der Waals surface area contributed by atoms with Crippen molar-refractivity contribution in [2.45, 2.75) is 20.8 Å². The minimum absolute atomic E-state index is 0.549. The van der Waals surface area contributed by atoms with Crippen LogP contribution in [0.3, 0.4) is 0 Å². The lowest BCUT2D eigenvalue weighted by Gasteiger charge is -2.09. The lowest BCUT2D eigenvalue weighted by molar-refractivity contribution is 0.523. The molecule has 1 heterocycles. The van der Waals surface area contributed by atoms with Crippen molar-refractivity contribution >= 4 is 6.08 Å². The average Bonchev–Trinajstić information content (AvgIpc) is 2.50. The van der Waals surface area contributed by atoms with E-state index in [9.17, 15) is 0 Å². The van der Waals surface area contributed by atoms with E-state index in [1.54, 1.807) is 0 Å². The van der Waals surface area contributed by atoms with Gasteiger partial charge in [-0.25, -0.2) is 0 Å². The molecule has 2 nitrogen and oxygen atoms in total. The highest BCUT2D eigenvalue weighted by molar-refractivity contribution is 5.48. The van der Waals surface area contributed by atoms with Crippen LogP contribution in [0.25, 0.3) is 6.08 Å². The molecule has 2 heteroatoms. The van der Waals surface area contributed by atoms with E-state index in [4.69, 9.17) is 4.42 Å². The van der Waals surface area contributed by atoms with Gasteiger partial charge in [-0.3, -0.25) is 0 Å². The highest BCUT2D eigenvalue weighted by Gasteiger charge is 2.03. The van der Waals surface area contributed by atoms with E-state index in [0.717, 1.165) is 18.1 Å². The summed E-state index contributed by atoms with van der Waals surface area (Å²) in [4.78, 5) is 0. The molecular formula is C12H19NO. The summed E-state index contributed by atoms with van der Waals surface area (Å²) in [6.45, 7) is 7.26. The summed E-state index contributed by atoms with van der Waals surface area (Å²) in [6, 6.07) is 4.00. The van der Waals surface area contributed by atoms with Crippen LogP contribution in [-0.2, 0) is 0 Å². The first-order valence-corrected chi connectivity index (χ1v) is 5.05. The lowest BCUT2D eigenvalue weighted by atomic mass is 10.0. The zero-order chi connectivity index (χ0) is 10.6. The summed E-state index contributed by atoms with van der Waals surface area (Å²) in [5.74, 6) is 2.46. The molecule has 0 aliphatic heterocycles. The summed E-state index contributed by atoms with van der Waals surface area (Å²) < 4.78 is 5.51. The second-order valence-electron chi connectivity index (χ2n) is 3.85. The van der Waals surface area contributed by atoms with Crippen molar-refractivity contribution in [3.63, 3.8) is 0 Å². The minimum Gasteiger partial charge on any atom is -0.462 e. The van der Waals surface area contributed by atoms with Gasteiger partial charge in [-0.1, -0.05) is 19.4 Å². The van der Waals surface area contributed by atoms with Gasteiger partial charge in [0.2, 0.25) is 0 Å². The third-order valence-electron chi connectivity index (χ3n) is 2.21. The van der Waals surface area contributed by atoms with Crippen molar-refractivity contribution in [3.8, 4) is 0 Å². The molecule has 0 unspecified atom stereocenters. The second-order valence-corrected chi connectivity index (χ2v) is 3.85. The van der Waals surface area contributed by atoms with E-state index < -0.39 is 0 Å². The molecule has 0 aromatic carbocycles. The summed E-state index contributed by atoms with van der Waals surface area (Å²) in [5.41, 5.74) is 1.36. The highest BCUT2D eigenvalue weighted by Crippen LogP contribution is 2.15. The SMILES string of the molecule is CNCC(=Cc1ccc(C)o1)C(C)C. The van der Waals surface area contributed by atoms with E-state index in [-0.39, 0.29) is 0 Å². The fourth-order valence-corrected chi connectivity index (χ4v) is 1.34. The zero-order valence-electron chi connectivity index (χ0n) is 9.42. The topological polar surface area (TPSA) is 25.2 Å². The van der Waals surface area contributed by atoms with Gasteiger partial charge in [0.05, 0.1) is 0 Å². The van der Waals surface area contributed by atoms with Gasteiger partial charge >= 0.3 is 0 Å². The van der Waals surface area contributed by atoms with Crippen LogP contribution >= 0.6 is 0 Å². The third kappa shape index (κ3) is 3.04. The summed E-state index contributed by atoms with van der Waals surface area (Å²) in [7, 11) is 1.96. The van der Waals surface area contributed by atoms with E-state index in [0.29, 0.717) is 5.92 Å². The third-order valence-corrected chi connectivity index (χ3v) is 2.21. The number of likely N-dealkylation sites (N-methyl/N-ethyl adjacent to an activating group) is 1. The van der Waals surface area contributed by atoms with Crippen LogP contribution in [0.15, 0.2) is 22.1 Å². The molecule has 0 amide bonds. The number of hydrogen-bond donors (Lipinski definition) is 1. The Morgan fingerprint density at radius 2 is 2.21 bits per heavy atom. The molecule has 78 valence electrons. The minimum atomic E-state index is 0.549. The van der Waals surface area contributed by atoms with E-state index in [1.165, 1.54) is 5.57 Å². The van der Waals surface area contributed by atoms with Crippen molar-refractivity contribution in [2.24, 2.45) is 5.92 Å². The molecule has 1 aromatic heterocycles. The Labute approximate surface area is 86.0 Å². The van der Waals surface area contributed by atoms with E-state index >= 15 is 0 Å². The Balaban J connectivity index is 2.81. The first-order chi connectivity index (χ1) is 6.63. The molecule has 0 saturated carbocycles. The average molecular weight is 193 g/mol.